The number of aryl methyl sites for hydroxylation is 1. The lowest BCUT2D eigenvalue weighted by atomic mass is 9.95. The van der Waals surface area contributed by atoms with Crippen molar-refractivity contribution in [3.8, 4) is 0 Å². The van der Waals surface area contributed by atoms with Crippen LogP contribution in [0.1, 0.15) is 50.2 Å². The smallest absolute Gasteiger partial charge is 0.264 e. The van der Waals surface area contributed by atoms with E-state index < -0.39 is 28.5 Å². The van der Waals surface area contributed by atoms with Gasteiger partial charge in [0.25, 0.3) is 10.0 Å². The van der Waals surface area contributed by atoms with Crippen LogP contribution < -0.4 is 9.62 Å². The lowest BCUT2D eigenvalue weighted by molar-refractivity contribution is -0.139. The first-order valence-electron chi connectivity index (χ1n) is 14.1. The summed E-state index contributed by atoms with van der Waals surface area (Å²) < 4.78 is 29.0. The Kier molecular flexibility index (Phi) is 10.5. The molecule has 2 amide bonds. The van der Waals surface area contributed by atoms with Gasteiger partial charge in [-0.05, 0) is 74.6 Å². The van der Waals surface area contributed by atoms with Crippen molar-refractivity contribution < 1.29 is 18.0 Å². The highest BCUT2D eigenvalue weighted by Crippen LogP contribution is 2.29. The molecule has 7 nitrogen and oxygen atoms in total. The van der Waals surface area contributed by atoms with Gasteiger partial charge in [0.2, 0.25) is 11.8 Å². The van der Waals surface area contributed by atoms with Crippen molar-refractivity contribution in [1.82, 2.24) is 10.2 Å². The van der Waals surface area contributed by atoms with Gasteiger partial charge in [0, 0.05) is 17.6 Å². The molecule has 1 fully saturated rings. The summed E-state index contributed by atoms with van der Waals surface area (Å²) >= 11 is 6.18. The van der Waals surface area contributed by atoms with E-state index >= 15 is 0 Å². The van der Waals surface area contributed by atoms with Gasteiger partial charge in [-0.25, -0.2) is 8.42 Å². The van der Waals surface area contributed by atoms with Crippen LogP contribution in [0.15, 0.2) is 83.8 Å². The fraction of sp³-hybridized carbons (Fsp3) is 0.375. The number of carbonyl (C=O) groups excluding carboxylic acids is 2. The predicted octanol–water partition coefficient (Wildman–Crippen LogP) is 5.75. The average molecular weight is 596 g/mol. The lowest BCUT2D eigenvalue weighted by Crippen LogP contribution is -2.53. The quantitative estimate of drug-likeness (QED) is 0.306. The molecule has 0 unspecified atom stereocenters. The Morgan fingerprint density at radius 2 is 1.59 bits per heavy atom. The number of nitrogens with zero attached hydrogens (tertiary/aromatic N) is 2. The molecule has 0 saturated heterocycles. The fourth-order valence-electron chi connectivity index (χ4n) is 5.27. The number of amides is 2. The van der Waals surface area contributed by atoms with E-state index in [0.717, 1.165) is 35.6 Å². The number of hydrogen-bond acceptors (Lipinski definition) is 4. The van der Waals surface area contributed by atoms with E-state index in [1.807, 2.05) is 30.3 Å². The normalized spacial score (nSPS) is 14.7. The van der Waals surface area contributed by atoms with Crippen molar-refractivity contribution in [1.29, 1.82) is 0 Å². The van der Waals surface area contributed by atoms with Crippen LogP contribution in [-0.4, -0.2) is 50.3 Å². The van der Waals surface area contributed by atoms with Crippen LogP contribution in [0.5, 0.6) is 0 Å². The number of carbonyl (C=O) groups is 2. The molecule has 9 heteroatoms. The number of sulfonamides is 1. The van der Waals surface area contributed by atoms with E-state index in [2.05, 4.69) is 5.32 Å². The summed E-state index contributed by atoms with van der Waals surface area (Å²) in [6.07, 6.45) is 5.69. The largest absolute Gasteiger partial charge is 0.352 e. The molecular weight excluding hydrogens is 558 g/mol. The van der Waals surface area contributed by atoms with Gasteiger partial charge >= 0.3 is 0 Å². The summed E-state index contributed by atoms with van der Waals surface area (Å²) in [4.78, 5) is 29.0. The average Bonchev–Trinajstić information content (AvgIpc) is 2.97. The van der Waals surface area contributed by atoms with Gasteiger partial charge in [-0.2, -0.15) is 0 Å². The first-order chi connectivity index (χ1) is 19.7. The molecule has 4 rings (SSSR count). The summed E-state index contributed by atoms with van der Waals surface area (Å²) in [5.74, 6) is -0.681. The molecule has 41 heavy (non-hydrogen) atoms. The van der Waals surface area contributed by atoms with E-state index in [1.54, 1.807) is 50.2 Å². The van der Waals surface area contributed by atoms with Gasteiger partial charge in [0.05, 0.1) is 10.6 Å². The van der Waals surface area contributed by atoms with Crippen molar-refractivity contribution in [2.24, 2.45) is 0 Å². The summed E-state index contributed by atoms with van der Waals surface area (Å²) in [5, 5.41) is 3.59. The van der Waals surface area contributed by atoms with Crippen molar-refractivity contribution >= 4 is 39.1 Å². The van der Waals surface area contributed by atoms with E-state index in [0.29, 0.717) is 22.7 Å². The molecule has 0 heterocycles. The molecule has 0 aliphatic heterocycles. The number of anilines is 1. The number of benzene rings is 3. The van der Waals surface area contributed by atoms with Gasteiger partial charge < -0.3 is 10.2 Å². The van der Waals surface area contributed by atoms with Crippen molar-refractivity contribution in [2.45, 2.75) is 69.4 Å². The van der Waals surface area contributed by atoms with E-state index in [9.17, 15) is 18.0 Å². The zero-order chi connectivity index (χ0) is 29.4. The Balaban J connectivity index is 1.65. The van der Waals surface area contributed by atoms with Gasteiger partial charge in [-0.1, -0.05) is 79.4 Å². The van der Waals surface area contributed by atoms with E-state index in [1.165, 1.54) is 23.5 Å². The second kappa shape index (κ2) is 14.0. The summed E-state index contributed by atoms with van der Waals surface area (Å²) in [6.45, 7) is 3.27. The minimum Gasteiger partial charge on any atom is -0.352 e. The van der Waals surface area contributed by atoms with Crippen LogP contribution in [0.2, 0.25) is 5.02 Å². The highest BCUT2D eigenvalue weighted by Gasteiger charge is 2.33. The van der Waals surface area contributed by atoms with Crippen LogP contribution in [-0.2, 0) is 26.0 Å². The fourth-order valence-corrected chi connectivity index (χ4v) is 7.00. The minimum absolute atomic E-state index is 0.0704. The zero-order valence-corrected chi connectivity index (χ0v) is 25.2. The van der Waals surface area contributed by atoms with Crippen LogP contribution in [0.4, 0.5) is 5.69 Å². The number of halogens is 1. The Hall–Kier alpha value is -3.36. The first-order valence-corrected chi connectivity index (χ1v) is 16.0. The highest BCUT2D eigenvalue weighted by molar-refractivity contribution is 7.92. The highest BCUT2D eigenvalue weighted by atomic mass is 35.5. The summed E-state index contributed by atoms with van der Waals surface area (Å²) in [6, 6.07) is 22.0. The molecule has 0 aromatic heterocycles. The number of rotatable bonds is 11. The molecule has 1 N–H and O–H groups in total. The molecule has 1 atom stereocenters. The minimum atomic E-state index is -4.11. The molecular formula is C32H38ClN3O4S. The lowest BCUT2D eigenvalue weighted by Gasteiger charge is -2.33. The summed E-state index contributed by atoms with van der Waals surface area (Å²) in [5.41, 5.74) is 1.99. The molecule has 1 aliphatic carbocycles. The predicted molar refractivity (Wildman–Crippen MR) is 163 cm³/mol. The zero-order valence-electron chi connectivity index (χ0n) is 23.6. The van der Waals surface area contributed by atoms with Crippen LogP contribution in [0.25, 0.3) is 0 Å². The Bertz CT molecular complexity index is 1430. The second-order valence-electron chi connectivity index (χ2n) is 10.6. The molecule has 0 bridgehead atoms. The molecule has 218 valence electrons. The maximum Gasteiger partial charge on any atom is 0.264 e. The molecule has 0 spiro atoms. The second-order valence-corrected chi connectivity index (χ2v) is 12.9. The number of nitrogens with one attached hydrogen (secondary N) is 1. The maximum absolute atomic E-state index is 14.1. The SMILES string of the molecule is Cc1cc(Cl)ccc1N(CC(=O)N(CCc1ccccc1)[C@H](C)C(=O)NC1CCCCC1)S(=O)(=O)c1ccccc1. The monoisotopic (exact) mass is 595 g/mol. The van der Waals surface area contributed by atoms with Crippen LogP contribution in [0, 0.1) is 6.92 Å². The van der Waals surface area contributed by atoms with Crippen molar-refractivity contribution in [3.63, 3.8) is 0 Å². The van der Waals surface area contributed by atoms with Gasteiger partial charge in [0.15, 0.2) is 0 Å². The van der Waals surface area contributed by atoms with E-state index in [-0.39, 0.29) is 23.4 Å². The molecule has 0 radical (unpaired) electrons. The van der Waals surface area contributed by atoms with Gasteiger partial charge in [-0.3, -0.25) is 13.9 Å². The Labute approximate surface area is 248 Å². The third kappa shape index (κ3) is 7.89. The van der Waals surface area contributed by atoms with Crippen LogP contribution in [0.3, 0.4) is 0 Å². The standard InChI is InChI=1S/C32H38ClN3O4S/c1-24-22-27(33)18-19-30(24)36(41(39,40)29-16-10-5-11-17-29)23-31(37)35(21-20-26-12-6-3-7-13-26)25(2)32(38)34-28-14-8-4-9-15-28/h3,5-7,10-13,16-19,22,25,28H,4,8-9,14-15,20-21,23H2,1-2H3,(H,34,38)/t25-/m1/s1. The maximum atomic E-state index is 14.1. The first kappa shape index (κ1) is 30.6. The molecule has 1 aliphatic rings. The van der Waals surface area contributed by atoms with Gasteiger partial charge in [-0.15, -0.1) is 0 Å². The third-order valence-corrected chi connectivity index (χ3v) is 9.65. The summed E-state index contributed by atoms with van der Waals surface area (Å²) in [7, 11) is -4.11. The topological polar surface area (TPSA) is 86.8 Å². The van der Waals surface area contributed by atoms with Crippen molar-refractivity contribution in [2.75, 3.05) is 17.4 Å². The molecule has 3 aromatic rings. The van der Waals surface area contributed by atoms with Gasteiger partial charge in [0.1, 0.15) is 12.6 Å². The Morgan fingerprint density at radius 1 is 0.951 bits per heavy atom. The van der Waals surface area contributed by atoms with Crippen LogP contribution >= 0.6 is 11.6 Å². The molecule has 3 aromatic carbocycles. The Morgan fingerprint density at radius 3 is 2.22 bits per heavy atom. The van der Waals surface area contributed by atoms with E-state index in [4.69, 9.17) is 11.6 Å². The third-order valence-electron chi connectivity index (χ3n) is 7.64. The van der Waals surface area contributed by atoms with Crippen molar-refractivity contribution in [3.05, 3.63) is 95.0 Å². The number of hydrogen-bond donors (Lipinski definition) is 1. The molecule has 1 saturated carbocycles.